The summed E-state index contributed by atoms with van der Waals surface area (Å²) in [6, 6.07) is 5.03. The lowest BCUT2D eigenvalue weighted by atomic mass is 10.3. The van der Waals surface area contributed by atoms with E-state index in [1.807, 2.05) is 12.1 Å². The van der Waals surface area contributed by atoms with Gasteiger partial charge < -0.3 is 5.32 Å². The first-order valence-corrected chi connectivity index (χ1v) is 6.91. The lowest BCUT2D eigenvalue weighted by Gasteiger charge is -2.05. The van der Waals surface area contributed by atoms with Crippen molar-refractivity contribution in [3.8, 4) is 0 Å². The van der Waals surface area contributed by atoms with E-state index in [4.69, 9.17) is 23.2 Å². The molecule has 19 heavy (non-hydrogen) atoms. The van der Waals surface area contributed by atoms with Crippen molar-refractivity contribution >= 4 is 46.0 Å². The van der Waals surface area contributed by atoms with Crippen molar-refractivity contribution in [1.29, 1.82) is 0 Å². The van der Waals surface area contributed by atoms with Crippen LogP contribution < -0.4 is 5.32 Å². The summed E-state index contributed by atoms with van der Waals surface area (Å²) in [7, 11) is 0. The molecule has 5 nitrogen and oxygen atoms in total. The predicted molar refractivity (Wildman–Crippen MR) is 77.4 cm³/mol. The summed E-state index contributed by atoms with van der Waals surface area (Å²) in [5.41, 5.74) is -0.128. The average molecular weight is 318 g/mol. The highest BCUT2D eigenvalue weighted by Gasteiger charge is 2.15. The predicted octanol–water partition coefficient (Wildman–Crippen LogP) is 4.01. The smallest absolute Gasteiger partial charge is 0.312 e. The van der Waals surface area contributed by atoms with Crippen LogP contribution >= 0.6 is 34.5 Å². The first kappa shape index (κ1) is 14.0. The zero-order valence-corrected chi connectivity index (χ0v) is 11.9. The number of thiophene rings is 1. The second kappa shape index (κ2) is 6.18. The number of nitrogens with zero attached hydrogens (tertiary/aromatic N) is 2. The molecule has 0 bridgehead atoms. The molecule has 0 aliphatic rings. The lowest BCUT2D eigenvalue weighted by Crippen LogP contribution is -2.07. The summed E-state index contributed by atoms with van der Waals surface area (Å²) in [5.74, 6) is 0.219. The van der Waals surface area contributed by atoms with E-state index < -0.39 is 4.92 Å². The van der Waals surface area contributed by atoms with E-state index >= 15 is 0 Å². The summed E-state index contributed by atoms with van der Waals surface area (Å²) in [6.07, 6.45) is 2.09. The molecule has 0 saturated carbocycles. The Hall–Kier alpha value is -1.37. The fraction of sp³-hybridized carbons (Fsp3) is 0.182. The second-order valence-corrected chi connectivity index (χ2v) is 5.90. The maximum absolute atomic E-state index is 10.9. The van der Waals surface area contributed by atoms with Gasteiger partial charge in [0.2, 0.25) is 5.82 Å². The third kappa shape index (κ3) is 3.79. The zero-order chi connectivity index (χ0) is 13.8. The van der Waals surface area contributed by atoms with Gasteiger partial charge in [-0.15, -0.1) is 11.3 Å². The molecule has 2 rings (SSSR count). The molecule has 0 fully saturated rings. The summed E-state index contributed by atoms with van der Waals surface area (Å²) in [5, 5.41) is 14.0. The van der Waals surface area contributed by atoms with Gasteiger partial charge >= 0.3 is 5.69 Å². The van der Waals surface area contributed by atoms with E-state index in [0.717, 1.165) is 15.6 Å². The molecule has 2 aromatic rings. The standard InChI is InChI=1S/C11H9Cl2N3O2S/c12-7-5-9(16(17)18)11(15-6-7)14-4-3-8-1-2-10(13)19-8/h1-2,5-6H,3-4H2,(H,14,15). The number of aromatic nitrogens is 1. The Bertz CT molecular complexity index is 603. The number of nitro groups is 1. The van der Waals surface area contributed by atoms with E-state index in [1.165, 1.54) is 23.6 Å². The van der Waals surface area contributed by atoms with Crippen LogP contribution in [0.3, 0.4) is 0 Å². The van der Waals surface area contributed by atoms with Gasteiger partial charge in [-0.1, -0.05) is 23.2 Å². The molecule has 100 valence electrons. The van der Waals surface area contributed by atoms with Crippen LogP contribution in [0.2, 0.25) is 9.36 Å². The Morgan fingerprint density at radius 3 is 2.84 bits per heavy atom. The van der Waals surface area contributed by atoms with Gasteiger partial charge in [0.15, 0.2) is 0 Å². The van der Waals surface area contributed by atoms with Crippen LogP contribution in [0.15, 0.2) is 24.4 Å². The first-order chi connectivity index (χ1) is 9.06. The minimum Gasteiger partial charge on any atom is -0.364 e. The van der Waals surface area contributed by atoms with Crippen LogP contribution in [0.4, 0.5) is 11.5 Å². The molecule has 1 N–H and O–H groups in total. The topological polar surface area (TPSA) is 68.1 Å². The second-order valence-electron chi connectivity index (χ2n) is 3.66. The number of pyridine rings is 1. The van der Waals surface area contributed by atoms with Crippen molar-refractivity contribution in [2.75, 3.05) is 11.9 Å². The van der Waals surface area contributed by atoms with E-state index in [-0.39, 0.29) is 16.5 Å². The summed E-state index contributed by atoms with van der Waals surface area (Å²) >= 11 is 13.0. The molecule has 0 unspecified atom stereocenters. The first-order valence-electron chi connectivity index (χ1n) is 5.34. The third-order valence-corrected chi connectivity index (χ3v) is 3.82. The maximum atomic E-state index is 10.9. The molecule has 0 amide bonds. The van der Waals surface area contributed by atoms with E-state index in [2.05, 4.69) is 10.3 Å². The van der Waals surface area contributed by atoms with Crippen molar-refractivity contribution in [3.63, 3.8) is 0 Å². The minimum absolute atomic E-state index is 0.128. The highest BCUT2D eigenvalue weighted by atomic mass is 35.5. The Morgan fingerprint density at radius 2 is 2.21 bits per heavy atom. The van der Waals surface area contributed by atoms with Crippen LogP contribution in [0, 0.1) is 10.1 Å². The van der Waals surface area contributed by atoms with Crippen LogP contribution in [0.5, 0.6) is 0 Å². The van der Waals surface area contributed by atoms with Crippen molar-refractivity contribution < 1.29 is 4.92 Å². The highest BCUT2D eigenvalue weighted by molar-refractivity contribution is 7.16. The van der Waals surface area contributed by atoms with Crippen molar-refractivity contribution in [2.45, 2.75) is 6.42 Å². The van der Waals surface area contributed by atoms with Crippen LogP contribution in [-0.2, 0) is 6.42 Å². The number of rotatable bonds is 5. The Morgan fingerprint density at radius 1 is 1.42 bits per heavy atom. The fourth-order valence-corrected chi connectivity index (χ4v) is 2.73. The van der Waals surface area contributed by atoms with Crippen LogP contribution in [0.1, 0.15) is 4.88 Å². The molecule has 8 heteroatoms. The van der Waals surface area contributed by atoms with Gasteiger partial charge in [0, 0.05) is 23.7 Å². The van der Waals surface area contributed by atoms with E-state index in [1.54, 1.807) is 0 Å². The van der Waals surface area contributed by atoms with Crippen LogP contribution in [-0.4, -0.2) is 16.5 Å². The van der Waals surface area contributed by atoms with Gasteiger partial charge in [-0.2, -0.15) is 0 Å². The lowest BCUT2D eigenvalue weighted by molar-refractivity contribution is -0.384. The van der Waals surface area contributed by atoms with E-state index in [9.17, 15) is 10.1 Å². The average Bonchev–Trinajstić information content (AvgIpc) is 2.77. The molecule has 0 aromatic carbocycles. The van der Waals surface area contributed by atoms with Gasteiger partial charge in [0.05, 0.1) is 14.3 Å². The number of anilines is 1. The van der Waals surface area contributed by atoms with Crippen molar-refractivity contribution in [2.24, 2.45) is 0 Å². The maximum Gasteiger partial charge on any atom is 0.312 e. The van der Waals surface area contributed by atoms with Gasteiger partial charge in [-0.05, 0) is 18.6 Å². The number of nitrogens with one attached hydrogen (secondary N) is 1. The molecule has 0 radical (unpaired) electrons. The van der Waals surface area contributed by atoms with Crippen molar-refractivity contribution in [3.05, 3.63) is 48.7 Å². The molecule has 2 aromatic heterocycles. The summed E-state index contributed by atoms with van der Waals surface area (Å²) < 4.78 is 0.727. The number of hydrogen-bond donors (Lipinski definition) is 1. The SMILES string of the molecule is O=[N+]([O-])c1cc(Cl)cnc1NCCc1ccc(Cl)s1. The fourth-order valence-electron chi connectivity index (χ4n) is 1.49. The Labute approximate surface area is 123 Å². The molecular weight excluding hydrogens is 309 g/mol. The molecular formula is C11H9Cl2N3O2S. The molecule has 0 saturated heterocycles. The summed E-state index contributed by atoms with van der Waals surface area (Å²) in [4.78, 5) is 15.4. The Kier molecular flexibility index (Phi) is 4.57. The third-order valence-electron chi connectivity index (χ3n) is 2.32. The highest BCUT2D eigenvalue weighted by Crippen LogP contribution is 2.25. The monoisotopic (exact) mass is 317 g/mol. The molecule has 0 aliphatic carbocycles. The molecule has 2 heterocycles. The van der Waals surface area contributed by atoms with Gasteiger partial charge in [-0.3, -0.25) is 10.1 Å². The zero-order valence-electron chi connectivity index (χ0n) is 9.60. The number of hydrogen-bond acceptors (Lipinski definition) is 5. The van der Waals surface area contributed by atoms with E-state index in [0.29, 0.717) is 6.54 Å². The van der Waals surface area contributed by atoms with Gasteiger partial charge in [-0.25, -0.2) is 4.98 Å². The van der Waals surface area contributed by atoms with Gasteiger partial charge in [0.1, 0.15) is 0 Å². The summed E-state index contributed by atoms with van der Waals surface area (Å²) in [6.45, 7) is 0.534. The van der Waals surface area contributed by atoms with Crippen molar-refractivity contribution in [1.82, 2.24) is 4.98 Å². The molecule has 0 aliphatic heterocycles. The molecule has 0 spiro atoms. The van der Waals surface area contributed by atoms with Crippen LogP contribution in [0.25, 0.3) is 0 Å². The number of halogens is 2. The largest absolute Gasteiger partial charge is 0.364 e. The Balaban J connectivity index is 2.01. The van der Waals surface area contributed by atoms with Gasteiger partial charge in [0.25, 0.3) is 0 Å². The molecule has 0 atom stereocenters. The normalized spacial score (nSPS) is 10.4. The minimum atomic E-state index is -0.511. The quantitative estimate of drug-likeness (QED) is 0.668.